The summed E-state index contributed by atoms with van der Waals surface area (Å²) >= 11 is 0. The van der Waals surface area contributed by atoms with E-state index in [0.717, 1.165) is 21.9 Å². The number of hydrogen-bond donors (Lipinski definition) is 0. The Morgan fingerprint density at radius 3 is 1.06 bits per heavy atom. The summed E-state index contributed by atoms with van der Waals surface area (Å²) in [4.78, 5) is 19.1. The van der Waals surface area contributed by atoms with Gasteiger partial charge in [0.25, 0.3) is 0 Å². The molecule has 0 N–H and O–H groups in total. The van der Waals surface area contributed by atoms with Crippen LogP contribution in [0.1, 0.15) is 150 Å². The van der Waals surface area contributed by atoms with E-state index < -0.39 is 0 Å². The van der Waals surface area contributed by atoms with Crippen LogP contribution in [0, 0.1) is 0 Å². The highest BCUT2D eigenvalue weighted by Gasteiger charge is 2.48. The zero-order valence-electron chi connectivity index (χ0n) is 66.2. The smallest absolute Gasteiger partial charge is 0.116 e. The van der Waals surface area contributed by atoms with E-state index in [1.54, 1.807) is 6.33 Å². The fraction of sp³-hybridized carbons (Fsp3) is 0.164. The lowest BCUT2D eigenvalue weighted by molar-refractivity contribution is 0.637. The molecule has 0 saturated heterocycles. The second-order valence-corrected chi connectivity index (χ2v) is 37.1. The van der Waals surface area contributed by atoms with Gasteiger partial charge in [-0.1, -0.05) is 253 Å². The zero-order valence-corrected chi connectivity index (χ0v) is 66.2. The first-order valence-electron chi connectivity index (χ1n) is 40.8. The molecular weight excluding hydrogens is 1380 g/mol. The average molecular weight is 1460 g/mol. The van der Waals surface area contributed by atoms with Gasteiger partial charge in [-0.3, -0.25) is 9.97 Å². The van der Waals surface area contributed by atoms with Crippen molar-refractivity contribution in [1.29, 1.82) is 0 Å². The Hall–Kier alpha value is -12.8. The third-order valence-electron chi connectivity index (χ3n) is 29.2. The zero-order chi connectivity index (χ0) is 76.7. The molecule has 4 nitrogen and oxygen atoms in total. The summed E-state index contributed by atoms with van der Waals surface area (Å²) in [5.41, 5.74) is 35.7. The Morgan fingerprint density at radius 2 is 0.579 bits per heavy atom. The first-order valence-corrected chi connectivity index (χ1v) is 40.8. The van der Waals surface area contributed by atoms with Gasteiger partial charge in [0.05, 0.1) is 22.2 Å². The number of hydrogen-bond acceptors (Lipinski definition) is 4. The first-order chi connectivity index (χ1) is 55.0. The summed E-state index contributed by atoms with van der Waals surface area (Å²) in [6.45, 7) is 28.6. The minimum Gasteiger partial charge on any atom is -0.256 e. The fourth-order valence-electron chi connectivity index (χ4n) is 23.5. The summed E-state index contributed by atoms with van der Waals surface area (Å²) in [5.74, 6) is 0. The van der Waals surface area contributed by atoms with Crippen molar-refractivity contribution in [2.45, 2.75) is 116 Å². The van der Waals surface area contributed by atoms with Crippen LogP contribution in [-0.2, 0) is 32.5 Å². The normalized spacial score (nSPS) is 16.3. The molecule has 0 bridgehead atoms. The predicted octanol–water partition coefficient (Wildman–Crippen LogP) is 28.6. The van der Waals surface area contributed by atoms with Gasteiger partial charge in [-0.15, -0.1) is 0 Å². The van der Waals surface area contributed by atoms with E-state index in [-0.39, 0.29) is 32.5 Å². The molecule has 6 aliphatic rings. The monoisotopic (exact) mass is 1460 g/mol. The Balaban J connectivity index is 0.0000000964. The molecule has 18 aromatic carbocycles. The summed E-state index contributed by atoms with van der Waals surface area (Å²) in [5, 5.41) is 28.1. The fourth-order valence-corrected chi connectivity index (χ4v) is 23.5. The topological polar surface area (TPSA) is 51.6 Å². The quantitative estimate of drug-likeness (QED) is 0.142. The van der Waals surface area contributed by atoms with Crippen molar-refractivity contribution in [1.82, 2.24) is 19.9 Å². The van der Waals surface area contributed by atoms with Crippen LogP contribution in [0.15, 0.2) is 267 Å². The van der Waals surface area contributed by atoms with Gasteiger partial charge in [0.2, 0.25) is 0 Å². The van der Waals surface area contributed by atoms with Gasteiger partial charge in [0, 0.05) is 72.2 Å². The average Bonchev–Trinajstić information content (AvgIpc) is 1.53. The SMILES string of the molecule is CC1(C)c2cc3c(cc2-c2c1cc1ccc4cccc5ccc2c1c45)C(C)(C)c1c-3cnc2ccccc12.CC1(C)c2cc3c(cc2-c2c1cc1ccc4cccc5ccc2c1c45)C(C)(C)c1nc2ccccc2cc1-3.CC1(C)c2cc3c(cc2-c2c1ccc1ncncc21)C(C)(C)c1cc2ccc4cccc5ccc(c1-3)c2c45. The van der Waals surface area contributed by atoms with Crippen molar-refractivity contribution in [3.63, 3.8) is 0 Å². The van der Waals surface area contributed by atoms with E-state index in [1.807, 2.05) is 6.20 Å². The van der Waals surface area contributed by atoms with Crippen molar-refractivity contribution in [3.05, 3.63) is 334 Å². The van der Waals surface area contributed by atoms with E-state index >= 15 is 0 Å². The molecule has 21 aromatic rings. The molecule has 114 heavy (non-hydrogen) atoms. The maximum absolute atomic E-state index is 5.21. The molecule has 27 rings (SSSR count). The van der Waals surface area contributed by atoms with E-state index in [0.29, 0.717) is 0 Å². The van der Waals surface area contributed by atoms with Gasteiger partial charge in [-0.05, 0) is 293 Å². The van der Waals surface area contributed by atoms with Crippen LogP contribution in [0.3, 0.4) is 0 Å². The largest absolute Gasteiger partial charge is 0.256 e. The second kappa shape index (κ2) is 21.3. The number of fused-ring (bicyclic) bond motifs is 26. The lowest BCUT2D eigenvalue weighted by Crippen LogP contribution is -2.18. The molecule has 0 radical (unpaired) electrons. The Kier molecular flexibility index (Phi) is 12.1. The second-order valence-electron chi connectivity index (χ2n) is 37.1. The highest BCUT2D eigenvalue weighted by molar-refractivity contribution is 6.30. The van der Waals surface area contributed by atoms with Crippen molar-refractivity contribution in [2.75, 3.05) is 0 Å². The van der Waals surface area contributed by atoms with E-state index in [2.05, 4.69) is 348 Å². The van der Waals surface area contributed by atoms with Crippen LogP contribution < -0.4 is 0 Å². The van der Waals surface area contributed by atoms with Crippen LogP contribution in [-0.4, -0.2) is 19.9 Å². The summed E-state index contributed by atoms with van der Waals surface area (Å²) in [6.07, 6.45) is 5.75. The third-order valence-corrected chi connectivity index (χ3v) is 29.2. The van der Waals surface area contributed by atoms with Crippen LogP contribution >= 0.6 is 0 Å². The highest BCUT2D eigenvalue weighted by Crippen LogP contribution is 2.64. The minimum atomic E-state index is -0.152. The Morgan fingerprint density at radius 1 is 0.211 bits per heavy atom. The van der Waals surface area contributed by atoms with Crippen molar-refractivity contribution in [3.8, 4) is 66.8 Å². The predicted molar refractivity (Wildman–Crippen MR) is 480 cm³/mol. The standard InChI is InChI=1S/2C37H27N.C36H26N2/c1-36(2)29-17-25-27-19-38-31-11-6-5-10-23(31)35(27)37(3,4)28(25)18-26(29)34-24-15-14-21-9-7-8-20-12-13-22(16-30(34)36)33(24)32(20)21;1-36(2)29-18-25-26-16-22-8-5-6-11-31(22)38-35(26)37(3,4)28(25)19-27(29)34-24-15-14-21-10-7-9-20-12-13-23(17-30(34)36)33(24)32(20)21;1-35(2)26-12-13-30-25(17-37-18-38-30)34(26)24-16-28-23(15-27(24)35)33-22-11-10-20-7-5-6-19-8-9-21(32(22)31(19)20)14-29(33)36(28,3)4/h2*5-19H,1-4H3;5-18H,1-4H3. The molecule has 4 heteroatoms. The molecule has 0 saturated carbocycles. The molecule has 540 valence electrons. The van der Waals surface area contributed by atoms with E-state index in [1.165, 1.54) is 241 Å². The number of benzene rings is 18. The number of para-hydroxylation sites is 2. The van der Waals surface area contributed by atoms with Crippen molar-refractivity contribution in [2.24, 2.45) is 0 Å². The summed E-state index contributed by atoms with van der Waals surface area (Å²) in [7, 11) is 0. The lowest BCUT2D eigenvalue weighted by atomic mass is 9.78. The molecular formula is C110H80N4. The van der Waals surface area contributed by atoms with Crippen LogP contribution in [0.5, 0.6) is 0 Å². The van der Waals surface area contributed by atoms with E-state index in [4.69, 9.17) is 9.97 Å². The molecule has 0 unspecified atom stereocenters. The molecule has 3 heterocycles. The maximum Gasteiger partial charge on any atom is 0.116 e. The van der Waals surface area contributed by atoms with Crippen molar-refractivity contribution >= 4 is 130 Å². The minimum absolute atomic E-state index is 0.0820. The number of pyridine rings is 2. The van der Waals surface area contributed by atoms with Gasteiger partial charge >= 0.3 is 0 Å². The van der Waals surface area contributed by atoms with Gasteiger partial charge < -0.3 is 0 Å². The number of aromatic nitrogens is 4. The molecule has 0 spiro atoms. The van der Waals surface area contributed by atoms with Crippen LogP contribution in [0.25, 0.3) is 196 Å². The van der Waals surface area contributed by atoms with Gasteiger partial charge in [-0.2, -0.15) is 0 Å². The molecule has 0 aliphatic heterocycles. The van der Waals surface area contributed by atoms with Gasteiger partial charge in [0.1, 0.15) is 6.33 Å². The maximum atomic E-state index is 5.21. The molecule has 3 aromatic heterocycles. The highest BCUT2D eigenvalue weighted by atomic mass is 14.8. The Labute approximate surface area is 661 Å². The summed E-state index contributed by atoms with van der Waals surface area (Å²) in [6, 6.07) is 94.3. The molecule has 0 amide bonds. The Bertz CT molecular complexity index is 7920. The lowest BCUT2D eigenvalue weighted by Gasteiger charge is -2.25. The van der Waals surface area contributed by atoms with Crippen LogP contribution in [0.2, 0.25) is 0 Å². The van der Waals surface area contributed by atoms with Crippen LogP contribution in [0.4, 0.5) is 0 Å². The first kappa shape index (κ1) is 64.9. The van der Waals surface area contributed by atoms with Crippen molar-refractivity contribution < 1.29 is 0 Å². The number of rotatable bonds is 0. The molecule has 0 fully saturated rings. The van der Waals surface area contributed by atoms with Gasteiger partial charge in [-0.25, -0.2) is 9.97 Å². The molecule has 0 atom stereocenters. The third kappa shape index (κ3) is 7.99. The summed E-state index contributed by atoms with van der Waals surface area (Å²) < 4.78 is 0. The number of nitrogens with zero attached hydrogens (tertiary/aromatic N) is 4. The molecule has 6 aliphatic carbocycles. The van der Waals surface area contributed by atoms with E-state index in [9.17, 15) is 0 Å². The van der Waals surface area contributed by atoms with Gasteiger partial charge in [0.15, 0.2) is 0 Å².